The summed E-state index contributed by atoms with van der Waals surface area (Å²) in [4.78, 5) is 18.0. The van der Waals surface area contributed by atoms with E-state index in [0.29, 0.717) is 18.1 Å². The molecular weight excluding hydrogens is 407 g/mol. The molecule has 5 nitrogen and oxygen atoms in total. The molecule has 0 bridgehead atoms. The molecule has 0 saturated heterocycles. The number of rotatable bonds is 5. The first-order chi connectivity index (χ1) is 13.7. The first-order valence-electron chi connectivity index (χ1n) is 9.17. The number of carbonyl (C=O) groups excluding carboxylic acids is 1. The van der Waals surface area contributed by atoms with E-state index in [1.165, 1.54) is 24.4 Å². The van der Waals surface area contributed by atoms with Crippen LogP contribution in [0.15, 0.2) is 42.6 Å². The Hall–Kier alpha value is -2.32. The molecule has 0 spiro atoms. The van der Waals surface area contributed by atoms with Crippen LogP contribution in [0.2, 0.25) is 5.02 Å². The number of aromatic nitrogens is 1. The summed E-state index contributed by atoms with van der Waals surface area (Å²) in [6, 6.07) is 7.41. The number of nitrogens with zero attached hydrogens (tertiary/aromatic N) is 2. The average Bonchev–Trinajstić information content (AvgIpc) is 2.81. The van der Waals surface area contributed by atoms with Crippen molar-refractivity contribution in [2.45, 2.75) is 38.2 Å². The van der Waals surface area contributed by atoms with Gasteiger partial charge in [-0.05, 0) is 37.3 Å². The summed E-state index contributed by atoms with van der Waals surface area (Å²) in [5, 5.41) is 2.63. The van der Waals surface area contributed by atoms with E-state index >= 15 is 0 Å². The maximum atomic E-state index is 13.4. The second-order valence-corrected chi connectivity index (χ2v) is 7.40. The number of alkyl halides is 3. The molecule has 156 valence electrons. The van der Waals surface area contributed by atoms with E-state index in [9.17, 15) is 18.0 Å². The number of hydrogen-bond acceptors (Lipinski definition) is 4. The van der Waals surface area contributed by atoms with Crippen LogP contribution in [-0.4, -0.2) is 41.2 Å². The van der Waals surface area contributed by atoms with Gasteiger partial charge in [-0.1, -0.05) is 17.7 Å². The summed E-state index contributed by atoms with van der Waals surface area (Å²) >= 11 is 6.05. The van der Waals surface area contributed by atoms with Crippen LogP contribution in [0, 0.1) is 0 Å². The smallest absolute Gasteiger partial charge is 0.414 e. The van der Waals surface area contributed by atoms with Crippen molar-refractivity contribution in [1.82, 2.24) is 15.2 Å². The van der Waals surface area contributed by atoms with Crippen LogP contribution in [0.4, 0.5) is 13.2 Å². The van der Waals surface area contributed by atoms with Gasteiger partial charge in [-0.15, -0.1) is 0 Å². The van der Waals surface area contributed by atoms with Crippen molar-refractivity contribution >= 4 is 17.5 Å². The minimum absolute atomic E-state index is 0.0813. The third-order valence-corrected chi connectivity index (χ3v) is 4.77. The van der Waals surface area contributed by atoms with Gasteiger partial charge in [-0.3, -0.25) is 14.7 Å². The van der Waals surface area contributed by atoms with E-state index < -0.39 is 18.1 Å². The minimum Gasteiger partial charge on any atom is -0.489 e. The summed E-state index contributed by atoms with van der Waals surface area (Å²) in [6.07, 6.45) is -3.58. The van der Waals surface area contributed by atoms with Crippen molar-refractivity contribution < 1.29 is 22.7 Å². The van der Waals surface area contributed by atoms with Gasteiger partial charge in [0.2, 0.25) is 5.91 Å². The van der Waals surface area contributed by atoms with Gasteiger partial charge in [0.05, 0.1) is 5.69 Å². The highest BCUT2D eigenvalue weighted by Gasteiger charge is 2.42. The van der Waals surface area contributed by atoms with Gasteiger partial charge in [0.1, 0.15) is 11.9 Å². The molecule has 3 rings (SSSR count). The van der Waals surface area contributed by atoms with E-state index in [2.05, 4.69) is 10.3 Å². The van der Waals surface area contributed by atoms with Gasteiger partial charge in [0.15, 0.2) is 6.04 Å². The number of pyridine rings is 1. The summed E-state index contributed by atoms with van der Waals surface area (Å²) in [6.45, 7) is 3.23. The van der Waals surface area contributed by atoms with Crippen LogP contribution in [0.1, 0.15) is 30.6 Å². The maximum Gasteiger partial charge on any atom is 0.414 e. The number of halogens is 4. The lowest BCUT2D eigenvalue weighted by molar-refractivity contribution is -0.164. The highest BCUT2D eigenvalue weighted by atomic mass is 35.5. The van der Waals surface area contributed by atoms with Gasteiger partial charge in [-0.2, -0.15) is 13.2 Å². The molecule has 1 aromatic carbocycles. The van der Waals surface area contributed by atoms with Crippen LogP contribution in [0.5, 0.6) is 5.75 Å². The molecule has 0 saturated carbocycles. The van der Waals surface area contributed by atoms with Gasteiger partial charge in [-0.25, -0.2) is 0 Å². The molecule has 2 heterocycles. The van der Waals surface area contributed by atoms with E-state index in [1.807, 2.05) is 11.8 Å². The van der Waals surface area contributed by atoms with Crippen molar-refractivity contribution in [3.05, 3.63) is 58.9 Å². The van der Waals surface area contributed by atoms with E-state index in [0.717, 1.165) is 11.3 Å². The molecule has 9 heteroatoms. The molecule has 2 atom stereocenters. The monoisotopic (exact) mass is 427 g/mol. The van der Waals surface area contributed by atoms with E-state index in [-0.39, 0.29) is 24.8 Å². The zero-order valence-electron chi connectivity index (χ0n) is 15.7. The molecular formula is C20H21ClF3N3O2. The Morgan fingerprint density at radius 2 is 2.17 bits per heavy atom. The molecule has 1 amide bonds. The first-order valence-corrected chi connectivity index (χ1v) is 9.54. The topological polar surface area (TPSA) is 54.5 Å². The molecule has 0 aliphatic carbocycles. The molecule has 0 radical (unpaired) electrons. The lowest BCUT2D eigenvalue weighted by Crippen LogP contribution is -2.40. The SMILES string of the molecule is CC1CN(CCC(=O)NC(c2ccccn2)C(F)(F)F)Cc2cc(Cl)ccc2O1. The Balaban J connectivity index is 1.63. The second-order valence-electron chi connectivity index (χ2n) is 6.96. The summed E-state index contributed by atoms with van der Waals surface area (Å²) in [5.41, 5.74) is 0.637. The Bertz CT molecular complexity index is 849. The van der Waals surface area contributed by atoms with Gasteiger partial charge >= 0.3 is 6.18 Å². The summed E-state index contributed by atoms with van der Waals surface area (Å²) in [5.74, 6) is 0.0308. The Kier molecular flexibility index (Phi) is 6.64. The number of amides is 1. The maximum absolute atomic E-state index is 13.4. The molecule has 29 heavy (non-hydrogen) atoms. The lowest BCUT2D eigenvalue weighted by Gasteiger charge is -2.24. The zero-order valence-corrected chi connectivity index (χ0v) is 16.5. The van der Waals surface area contributed by atoms with Crippen LogP contribution in [-0.2, 0) is 11.3 Å². The molecule has 0 fully saturated rings. The highest BCUT2D eigenvalue weighted by molar-refractivity contribution is 6.30. The fraction of sp³-hybridized carbons (Fsp3) is 0.400. The zero-order chi connectivity index (χ0) is 21.0. The molecule has 2 unspecified atom stereocenters. The molecule has 1 N–H and O–H groups in total. The Morgan fingerprint density at radius 3 is 2.86 bits per heavy atom. The van der Waals surface area contributed by atoms with Crippen molar-refractivity contribution in [1.29, 1.82) is 0 Å². The Labute approximate surface area is 171 Å². The molecule has 2 aromatic rings. The van der Waals surface area contributed by atoms with E-state index in [1.54, 1.807) is 18.2 Å². The molecule has 1 aliphatic rings. The van der Waals surface area contributed by atoms with Crippen LogP contribution in [0.25, 0.3) is 0 Å². The first kappa shape index (κ1) is 21.4. The predicted octanol–water partition coefficient (Wildman–Crippen LogP) is 4.13. The van der Waals surface area contributed by atoms with Crippen molar-refractivity contribution in [3.63, 3.8) is 0 Å². The largest absolute Gasteiger partial charge is 0.489 e. The van der Waals surface area contributed by atoms with Crippen LogP contribution >= 0.6 is 11.6 Å². The second kappa shape index (κ2) is 9.00. The van der Waals surface area contributed by atoms with Gasteiger partial charge in [0.25, 0.3) is 0 Å². The third kappa shape index (κ3) is 5.83. The molecule has 1 aromatic heterocycles. The number of ether oxygens (including phenoxy) is 1. The fourth-order valence-corrected chi connectivity index (χ4v) is 3.44. The van der Waals surface area contributed by atoms with E-state index in [4.69, 9.17) is 16.3 Å². The van der Waals surface area contributed by atoms with Gasteiger partial charge in [0, 0.05) is 42.8 Å². The standard InChI is InChI=1S/C20H21ClF3N3O2/c1-13-11-27(12-14-10-15(21)5-6-17(14)29-13)9-7-18(28)26-19(20(22,23)24)16-4-2-3-8-25-16/h2-6,8,10,13,19H,7,9,11-12H2,1H3,(H,26,28). The van der Waals surface area contributed by atoms with Crippen LogP contribution < -0.4 is 10.1 Å². The number of hydrogen-bond donors (Lipinski definition) is 1. The van der Waals surface area contributed by atoms with Crippen LogP contribution in [0.3, 0.4) is 0 Å². The summed E-state index contributed by atoms with van der Waals surface area (Å²) < 4.78 is 46.0. The highest BCUT2D eigenvalue weighted by Crippen LogP contribution is 2.32. The Morgan fingerprint density at radius 1 is 1.38 bits per heavy atom. The van der Waals surface area contributed by atoms with Gasteiger partial charge < -0.3 is 10.1 Å². The van der Waals surface area contributed by atoms with Crippen molar-refractivity contribution in [2.24, 2.45) is 0 Å². The third-order valence-electron chi connectivity index (χ3n) is 4.53. The van der Waals surface area contributed by atoms with Crippen molar-refractivity contribution in [2.75, 3.05) is 13.1 Å². The number of nitrogens with one attached hydrogen (secondary N) is 1. The fourth-order valence-electron chi connectivity index (χ4n) is 3.24. The normalized spacial score (nSPS) is 18.3. The predicted molar refractivity (Wildman–Crippen MR) is 103 cm³/mol. The number of carbonyl (C=O) groups is 1. The lowest BCUT2D eigenvalue weighted by atomic mass is 10.1. The number of benzene rings is 1. The molecule has 1 aliphatic heterocycles. The quantitative estimate of drug-likeness (QED) is 0.779. The van der Waals surface area contributed by atoms with Crippen molar-refractivity contribution in [3.8, 4) is 5.75 Å². The minimum atomic E-state index is -4.63. The average molecular weight is 428 g/mol. The summed E-state index contributed by atoms with van der Waals surface area (Å²) in [7, 11) is 0. The number of fused-ring (bicyclic) bond motifs is 1.